The molecule has 0 spiro atoms. The minimum Gasteiger partial charge on any atom is -0.308 e. The van der Waals surface area contributed by atoms with Gasteiger partial charge in [0.1, 0.15) is 11.3 Å². The van der Waals surface area contributed by atoms with Crippen LogP contribution in [0.15, 0.2) is 54.7 Å². The predicted molar refractivity (Wildman–Crippen MR) is 136 cm³/mol. The van der Waals surface area contributed by atoms with Gasteiger partial charge in [-0.25, -0.2) is 14.8 Å². The topological polar surface area (TPSA) is 71.8 Å². The fourth-order valence-electron chi connectivity index (χ4n) is 3.65. The number of imidazole rings is 1. The van der Waals surface area contributed by atoms with Gasteiger partial charge in [0.05, 0.1) is 29.1 Å². The highest BCUT2D eigenvalue weighted by molar-refractivity contribution is 6.33. The van der Waals surface area contributed by atoms with E-state index in [0.717, 1.165) is 47.4 Å². The normalized spacial score (nSPS) is 11.0. The lowest BCUT2D eigenvalue weighted by Gasteiger charge is -2.12. The van der Waals surface area contributed by atoms with Crippen molar-refractivity contribution in [3.05, 3.63) is 81.7 Å². The minimum atomic E-state index is -0.390. The molecule has 0 radical (unpaired) electrons. The third-order valence-corrected chi connectivity index (χ3v) is 6.05. The van der Waals surface area contributed by atoms with E-state index < -0.39 is 0 Å². The van der Waals surface area contributed by atoms with Crippen molar-refractivity contribution in [3.63, 3.8) is 0 Å². The van der Waals surface area contributed by atoms with Crippen LogP contribution < -0.4 is 10.6 Å². The standard InChI is InChI=1S/C25H25Cl2N5O/c1-3-4-9-22-31-23-16(2)21(30-25(33)29-20-8-6-5-7-19(20)27)14-28-24(23)32(22)15-17-10-12-18(26)13-11-17/h5-8,10-14H,3-4,9,15H2,1-2H3,(H2,29,30,33). The molecule has 0 aliphatic carbocycles. The molecule has 170 valence electrons. The van der Waals surface area contributed by atoms with Crippen molar-refractivity contribution in [1.29, 1.82) is 0 Å². The minimum absolute atomic E-state index is 0.390. The maximum Gasteiger partial charge on any atom is 0.323 e. The monoisotopic (exact) mass is 481 g/mol. The van der Waals surface area contributed by atoms with Gasteiger partial charge in [0.15, 0.2) is 5.65 Å². The number of hydrogen-bond acceptors (Lipinski definition) is 3. The van der Waals surface area contributed by atoms with E-state index in [4.69, 9.17) is 28.2 Å². The summed E-state index contributed by atoms with van der Waals surface area (Å²) in [5.74, 6) is 0.982. The fraction of sp³-hybridized carbons (Fsp3) is 0.240. The maximum atomic E-state index is 12.6. The van der Waals surface area contributed by atoms with Gasteiger partial charge in [-0.15, -0.1) is 0 Å². The van der Waals surface area contributed by atoms with Crippen LogP contribution in [0.4, 0.5) is 16.2 Å². The van der Waals surface area contributed by atoms with Crippen molar-refractivity contribution in [3.8, 4) is 0 Å². The van der Waals surface area contributed by atoms with Crippen molar-refractivity contribution in [2.45, 2.75) is 39.7 Å². The van der Waals surface area contributed by atoms with E-state index in [9.17, 15) is 4.79 Å². The van der Waals surface area contributed by atoms with Crippen LogP contribution in [0.5, 0.6) is 0 Å². The number of pyridine rings is 1. The largest absolute Gasteiger partial charge is 0.323 e. The summed E-state index contributed by atoms with van der Waals surface area (Å²) in [6.07, 6.45) is 4.64. The van der Waals surface area contributed by atoms with Crippen LogP contribution in [0.2, 0.25) is 10.0 Å². The highest BCUT2D eigenvalue weighted by Crippen LogP contribution is 2.27. The lowest BCUT2D eigenvalue weighted by molar-refractivity contribution is 0.262. The smallest absolute Gasteiger partial charge is 0.308 e. The molecule has 0 fully saturated rings. The molecular formula is C25H25Cl2N5O. The maximum absolute atomic E-state index is 12.6. The Morgan fingerprint density at radius 2 is 1.76 bits per heavy atom. The lowest BCUT2D eigenvalue weighted by atomic mass is 10.2. The number of para-hydroxylation sites is 1. The molecule has 4 rings (SSSR count). The Morgan fingerprint density at radius 1 is 1.03 bits per heavy atom. The number of hydrogen-bond donors (Lipinski definition) is 2. The second-order valence-electron chi connectivity index (χ2n) is 7.87. The van der Waals surface area contributed by atoms with Gasteiger partial charge in [-0.3, -0.25) is 0 Å². The van der Waals surface area contributed by atoms with E-state index in [2.05, 4.69) is 27.1 Å². The van der Waals surface area contributed by atoms with Crippen molar-refractivity contribution >= 4 is 51.8 Å². The summed E-state index contributed by atoms with van der Waals surface area (Å²) >= 11 is 12.2. The SMILES string of the molecule is CCCCc1nc2c(C)c(NC(=O)Nc3ccccc3Cl)cnc2n1Cc1ccc(Cl)cc1. The Kier molecular flexibility index (Phi) is 7.16. The third kappa shape index (κ3) is 5.29. The quantitative estimate of drug-likeness (QED) is 0.296. The molecule has 2 aromatic carbocycles. The molecular weight excluding hydrogens is 457 g/mol. The van der Waals surface area contributed by atoms with Gasteiger partial charge >= 0.3 is 6.03 Å². The van der Waals surface area contributed by atoms with Gasteiger partial charge in [0.25, 0.3) is 0 Å². The molecule has 0 aliphatic rings. The number of rotatable bonds is 7. The zero-order valence-electron chi connectivity index (χ0n) is 18.5. The van der Waals surface area contributed by atoms with Crippen LogP contribution in [-0.4, -0.2) is 20.6 Å². The fourth-order valence-corrected chi connectivity index (χ4v) is 3.96. The lowest BCUT2D eigenvalue weighted by Crippen LogP contribution is -2.20. The summed E-state index contributed by atoms with van der Waals surface area (Å²) < 4.78 is 2.15. The van der Waals surface area contributed by atoms with Gasteiger partial charge < -0.3 is 15.2 Å². The number of amides is 2. The number of halogens is 2. The van der Waals surface area contributed by atoms with E-state index in [1.54, 1.807) is 18.3 Å². The number of aromatic nitrogens is 3. The van der Waals surface area contributed by atoms with Gasteiger partial charge in [-0.2, -0.15) is 0 Å². The molecule has 8 heteroatoms. The molecule has 6 nitrogen and oxygen atoms in total. The average molecular weight is 482 g/mol. The molecule has 0 saturated carbocycles. The number of unbranched alkanes of at least 4 members (excludes halogenated alkanes) is 1. The summed E-state index contributed by atoms with van der Waals surface area (Å²) in [6.45, 7) is 4.76. The van der Waals surface area contributed by atoms with Gasteiger partial charge in [0.2, 0.25) is 0 Å². The second kappa shape index (κ2) is 10.2. The van der Waals surface area contributed by atoms with Crippen LogP contribution in [0, 0.1) is 6.92 Å². The number of fused-ring (bicyclic) bond motifs is 1. The highest BCUT2D eigenvalue weighted by atomic mass is 35.5. The molecule has 0 bridgehead atoms. The van der Waals surface area contributed by atoms with Crippen LogP contribution >= 0.6 is 23.2 Å². The van der Waals surface area contributed by atoms with E-state index >= 15 is 0 Å². The van der Waals surface area contributed by atoms with Crippen LogP contribution in [0.1, 0.15) is 36.7 Å². The van der Waals surface area contributed by atoms with E-state index in [1.165, 1.54) is 0 Å². The molecule has 4 aromatic rings. The molecule has 2 amide bonds. The predicted octanol–water partition coefficient (Wildman–Crippen LogP) is 7.08. The Bertz CT molecular complexity index is 1280. The van der Waals surface area contributed by atoms with Crippen LogP contribution in [0.3, 0.4) is 0 Å². The van der Waals surface area contributed by atoms with Gasteiger partial charge in [0, 0.05) is 17.0 Å². The molecule has 0 unspecified atom stereocenters. The first-order valence-electron chi connectivity index (χ1n) is 10.9. The van der Waals surface area contributed by atoms with Crippen LogP contribution in [0.25, 0.3) is 11.2 Å². The Labute approximate surface area is 203 Å². The molecule has 0 aliphatic heterocycles. The number of carbonyl (C=O) groups excluding carboxylic acids is 1. The third-order valence-electron chi connectivity index (χ3n) is 5.47. The Balaban J connectivity index is 1.64. The number of urea groups is 1. The number of nitrogens with one attached hydrogen (secondary N) is 2. The number of aryl methyl sites for hydroxylation is 2. The van der Waals surface area contributed by atoms with Gasteiger partial charge in [-0.05, 0) is 43.2 Å². The van der Waals surface area contributed by atoms with Crippen molar-refractivity contribution in [2.75, 3.05) is 10.6 Å². The van der Waals surface area contributed by atoms with Crippen molar-refractivity contribution in [2.24, 2.45) is 0 Å². The van der Waals surface area contributed by atoms with E-state index in [0.29, 0.717) is 28.0 Å². The number of anilines is 2. The summed E-state index contributed by atoms with van der Waals surface area (Å²) in [4.78, 5) is 22.1. The molecule has 33 heavy (non-hydrogen) atoms. The van der Waals surface area contributed by atoms with Gasteiger partial charge in [-0.1, -0.05) is 60.8 Å². The molecule has 2 heterocycles. The first kappa shape index (κ1) is 23.1. The van der Waals surface area contributed by atoms with Crippen LogP contribution in [-0.2, 0) is 13.0 Å². The second-order valence-corrected chi connectivity index (χ2v) is 8.72. The molecule has 2 N–H and O–H groups in total. The summed E-state index contributed by atoms with van der Waals surface area (Å²) in [6, 6.07) is 14.5. The number of carbonyl (C=O) groups is 1. The summed E-state index contributed by atoms with van der Waals surface area (Å²) in [7, 11) is 0. The zero-order valence-corrected chi connectivity index (χ0v) is 20.0. The summed E-state index contributed by atoms with van der Waals surface area (Å²) in [5.41, 5.74) is 4.71. The van der Waals surface area contributed by atoms with Crippen molar-refractivity contribution in [1.82, 2.24) is 14.5 Å². The number of nitrogens with zero attached hydrogens (tertiary/aromatic N) is 3. The molecule has 2 aromatic heterocycles. The van der Waals surface area contributed by atoms with Crippen molar-refractivity contribution < 1.29 is 4.79 Å². The Morgan fingerprint density at radius 3 is 2.48 bits per heavy atom. The van der Waals surface area contributed by atoms with E-state index in [-0.39, 0.29) is 6.03 Å². The first-order valence-corrected chi connectivity index (χ1v) is 11.6. The Hall–Kier alpha value is -3.09. The molecule has 0 saturated heterocycles. The zero-order chi connectivity index (χ0) is 23.4. The molecule has 0 atom stereocenters. The summed E-state index contributed by atoms with van der Waals surface area (Å²) in [5, 5.41) is 6.82. The highest BCUT2D eigenvalue weighted by Gasteiger charge is 2.17. The number of benzene rings is 2. The average Bonchev–Trinajstić information content (AvgIpc) is 3.15. The van der Waals surface area contributed by atoms with E-state index in [1.807, 2.05) is 43.3 Å². The first-order chi connectivity index (χ1) is 16.0.